The van der Waals surface area contributed by atoms with Crippen LogP contribution in [0.4, 0.5) is 0 Å². The molecular formula is C11H24O. The Morgan fingerprint density at radius 3 is 2.17 bits per heavy atom. The van der Waals surface area contributed by atoms with Crippen molar-refractivity contribution < 1.29 is 5.11 Å². The van der Waals surface area contributed by atoms with Crippen molar-refractivity contribution in [3.63, 3.8) is 0 Å². The summed E-state index contributed by atoms with van der Waals surface area (Å²) in [6, 6.07) is 0. The summed E-state index contributed by atoms with van der Waals surface area (Å²) in [4.78, 5) is 0. The number of aliphatic hydroxyl groups excluding tert-OH is 1. The highest BCUT2D eigenvalue weighted by molar-refractivity contribution is 4.59. The predicted molar refractivity (Wildman–Crippen MR) is 54.2 cm³/mol. The molecule has 1 N–H and O–H groups in total. The van der Waals surface area contributed by atoms with Crippen LogP contribution in [0.3, 0.4) is 0 Å². The summed E-state index contributed by atoms with van der Waals surface area (Å²) in [5.41, 5.74) is 0. The van der Waals surface area contributed by atoms with E-state index in [9.17, 15) is 0 Å². The third-order valence-electron chi connectivity index (χ3n) is 2.72. The molecular weight excluding hydrogens is 148 g/mol. The number of rotatable bonds is 7. The maximum absolute atomic E-state index is 9.04. The minimum absolute atomic E-state index is 0.379. The Hall–Kier alpha value is -0.0400. The first-order chi connectivity index (χ1) is 5.74. The average Bonchev–Trinajstić information content (AvgIpc) is 2.11. The van der Waals surface area contributed by atoms with Crippen molar-refractivity contribution in [1.82, 2.24) is 0 Å². The third-order valence-corrected chi connectivity index (χ3v) is 2.72. The molecule has 0 aliphatic carbocycles. The second-order valence-electron chi connectivity index (χ2n) is 3.93. The molecule has 0 fully saturated rings. The normalized spacial score (nSPS) is 16.0. The van der Waals surface area contributed by atoms with Gasteiger partial charge in [-0.15, -0.1) is 0 Å². The first-order valence-corrected chi connectivity index (χ1v) is 5.35. The Morgan fingerprint density at radius 2 is 1.75 bits per heavy atom. The van der Waals surface area contributed by atoms with Crippen molar-refractivity contribution in [1.29, 1.82) is 0 Å². The molecule has 0 aliphatic rings. The van der Waals surface area contributed by atoms with Gasteiger partial charge in [-0.25, -0.2) is 0 Å². The molecule has 2 atom stereocenters. The van der Waals surface area contributed by atoms with Crippen molar-refractivity contribution in [2.75, 3.05) is 6.61 Å². The molecule has 0 radical (unpaired) electrons. The van der Waals surface area contributed by atoms with Crippen LogP contribution in [0.1, 0.15) is 52.9 Å². The molecule has 12 heavy (non-hydrogen) atoms. The highest BCUT2D eigenvalue weighted by atomic mass is 16.3. The lowest BCUT2D eigenvalue weighted by molar-refractivity contribution is 0.202. The van der Waals surface area contributed by atoms with Crippen molar-refractivity contribution in [2.24, 2.45) is 11.8 Å². The van der Waals surface area contributed by atoms with Crippen LogP contribution < -0.4 is 0 Å². The second-order valence-corrected chi connectivity index (χ2v) is 3.93. The van der Waals surface area contributed by atoms with E-state index in [1.165, 1.54) is 32.1 Å². The average molecular weight is 172 g/mol. The van der Waals surface area contributed by atoms with Crippen LogP contribution in [-0.4, -0.2) is 11.7 Å². The molecule has 0 rings (SSSR count). The molecule has 2 unspecified atom stereocenters. The molecule has 74 valence electrons. The van der Waals surface area contributed by atoms with Crippen LogP contribution in [0, 0.1) is 11.8 Å². The zero-order valence-corrected chi connectivity index (χ0v) is 8.84. The van der Waals surface area contributed by atoms with Crippen molar-refractivity contribution >= 4 is 0 Å². The van der Waals surface area contributed by atoms with Crippen molar-refractivity contribution in [3.05, 3.63) is 0 Å². The van der Waals surface area contributed by atoms with Gasteiger partial charge in [0.15, 0.2) is 0 Å². The van der Waals surface area contributed by atoms with Crippen LogP contribution in [0.25, 0.3) is 0 Å². The first-order valence-electron chi connectivity index (χ1n) is 5.35. The quantitative estimate of drug-likeness (QED) is 0.625. The van der Waals surface area contributed by atoms with Gasteiger partial charge in [-0.2, -0.15) is 0 Å². The molecule has 0 heterocycles. The van der Waals surface area contributed by atoms with E-state index in [1.54, 1.807) is 0 Å². The van der Waals surface area contributed by atoms with Crippen molar-refractivity contribution in [3.8, 4) is 0 Å². The molecule has 0 aromatic carbocycles. The molecule has 1 heteroatoms. The first kappa shape index (κ1) is 12.0. The second kappa shape index (κ2) is 7.60. The van der Waals surface area contributed by atoms with E-state index < -0.39 is 0 Å². The van der Waals surface area contributed by atoms with Gasteiger partial charge in [0, 0.05) is 6.61 Å². The summed E-state index contributed by atoms with van der Waals surface area (Å²) in [6.07, 6.45) is 6.14. The SMILES string of the molecule is CCCC(CO)CCC(C)CC. The fourth-order valence-corrected chi connectivity index (χ4v) is 1.46. The molecule has 0 saturated heterocycles. The standard InChI is InChI=1S/C11H24O/c1-4-6-11(9-12)8-7-10(3)5-2/h10-12H,4-9H2,1-3H3. The van der Waals surface area contributed by atoms with Gasteiger partial charge in [0.1, 0.15) is 0 Å². The Kier molecular flexibility index (Phi) is 7.58. The van der Waals surface area contributed by atoms with Gasteiger partial charge in [-0.05, 0) is 24.7 Å². The summed E-state index contributed by atoms with van der Waals surface area (Å²) >= 11 is 0. The van der Waals surface area contributed by atoms with Crippen LogP contribution in [0.2, 0.25) is 0 Å². The molecule has 0 spiro atoms. The molecule has 0 amide bonds. The van der Waals surface area contributed by atoms with E-state index in [0.717, 1.165) is 5.92 Å². The van der Waals surface area contributed by atoms with Gasteiger partial charge in [0.25, 0.3) is 0 Å². The number of hydrogen-bond acceptors (Lipinski definition) is 1. The van der Waals surface area contributed by atoms with E-state index in [-0.39, 0.29) is 0 Å². The smallest absolute Gasteiger partial charge is 0.0459 e. The molecule has 0 saturated carbocycles. The largest absolute Gasteiger partial charge is 0.396 e. The van der Waals surface area contributed by atoms with Crippen LogP contribution in [0.15, 0.2) is 0 Å². The van der Waals surface area contributed by atoms with E-state index in [2.05, 4.69) is 20.8 Å². The van der Waals surface area contributed by atoms with Gasteiger partial charge < -0.3 is 5.11 Å². The third kappa shape index (κ3) is 5.59. The maximum atomic E-state index is 9.04. The summed E-state index contributed by atoms with van der Waals surface area (Å²) in [6.45, 7) is 7.09. The maximum Gasteiger partial charge on any atom is 0.0459 e. The molecule has 1 nitrogen and oxygen atoms in total. The summed E-state index contributed by atoms with van der Waals surface area (Å²) in [5, 5.41) is 9.04. The van der Waals surface area contributed by atoms with Gasteiger partial charge in [0.05, 0.1) is 0 Å². The zero-order valence-electron chi connectivity index (χ0n) is 8.84. The minimum atomic E-state index is 0.379. The molecule has 0 aliphatic heterocycles. The Balaban J connectivity index is 3.43. The summed E-state index contributed by atoms with van der Waals surface area (Å²) in [5.74, 6) is 1.39. The Bertz CT molecular complexity index is 91.0. The highest BCUT2D eigenvalue weighted by Gasteiger charge is 2.07. The minimum Gasteiger partial charge on any atom is -0.396 e. The fraction of sp³-hybridized carbons (Fsp3) is 1.00. The summed E-state index contributed by atoms with van der Waals surface area (Å²) < 4.78 is 0. The lowest BCUT2D eigenvalue weighted by Gasteiger charge is -2.15. The van der Waals surface area contributed by atoms with Crippen LogP contribution in [-0.2, 0) is 0 Å². The van der Waals surface area contributed by atoms with Crippen LogP contribution in [0.5, 0.6) is 0 Å². The highest BCUT2D eigenvalue weighted by Crippen LogP contribution is 2.18. The van der Waals surface area contributed by atoms with E-state index in [4.69, 9.17) is 5.11 Å². The monoisotopic (exact) mass is 172 g/mol. The van der Waals surface area contributed by atoms with E-state index in [1.807, 2.05) is 0 Å². The Morgan fingerprint density at radius 1 is 1.08 bits per heavy atom. The topological polar surface area (TPSA) is 20.2 Å². The van der Waals surface area contributed by atoms with E-state index >= 15 is 0 Å². The van der Waals surface area contributed by atoms with Crippen LogP contribution >= 0.6 is 0 Å². The van der Waals surface area contributed by atoms with Crippen molar-refractivity contribution in [2.45, 2.75) is 52.9 Å². The summed E-state index contributed by atoms with van der Waals surface area (Å²) in [7, 11) is 0. The van der Waals surface area contributed by atoms with Gasteiger partial charge in [-0.1, -0.05) is 40.0 Å². The lowest BCUT2D eigenvalue weighted by Crippen LogP contribution is -2.07. The zero-order chi connectivity index (χ0) is 9.40. The number of aliphatic hydroxyl groups is 1. The predicted octanol–water partition coefficient (Wildman–Crippen LogP) is 3.22. The number of hydrogen-bond donors (Lipinski definition) is 1. The van der Waals surface area contributed by atoms with Gasteiger partial charge in [0.2, 0.25) is 0 Å². The molecule has 0 aromatic rings. The molecule has 0 bridgehead atoms. The van der Waals surface area contributed by atoms with E-state index in [0.29, 0.717) is 12.5 Å². The van der Waals surface area contributed by atoms with Gasteiger partial charge >= 0.3 is 0 Å². The Labute approximate surface area is 77.2 Å². The fourth-order valence-electron chi connectivity index (χ4n) is 1.46. The van der Waals surface area contributed by atoms with Gasteiger partial charge in [-0.3, -0.25) is 0 Å². The lowest BCUT2D eigenvalue weighted by atomic mass is 9.93. The molecule has 0 aromatic heterocycles.